The molecule has 3 heterocycles. The van der Waals surface area contributed by atoms with E-state index in [2.05, 4.69) is 41.6 Å². The molecule has 1 aromatic carbocycles. The number of carbonyl (C=O) groups excluding carboxylic acids is 2. The Kier molecular flexibility index (Phi) is 10.0. The maximum absolute atomic E-state index is 13.0. The van der Waals surface area contributed by atoms with E-state index in [1.165, 1.54) is 19.6 Å². The van der Waals surface area contributed by atoms with Crippen LogP contribution < -0.4 is 15.8 Å². The van der Waals surface area contributed by atoms with Crippen LogP contribution in [-0.4, -0.2) is 51.1 Å². The first-order valence-electron chi connectivity index (χ1n) is 16.4. The normalized spacial score (nSPS) is 27.7. The molecule has 4 atom stereocenters. The molecule has 10 heteroatoms. The average molecular weight is 661 g/mol. The number of Topliss-reactive ketones (excluding diaryl/α,β-unsaturated/α-hetero) is 1. The second-order valence-corrected chi connectivity index (χ2v) is 15.4. The number of nitrogens with two attached hydrogens (primary N) is 1. The zero-order valence-corrected chi connectivity index (χ0v) is 28.2. The molecule has 0 radical (unpaired) electrons. The highest BCUT2D eigenvalue weighted by Crippen LogP contribution is 2.57. The molecule has 1 saturated carbocycles. The number of ketones is 2. The lowest BCUT2D eigenvalue weighted by Gasteiger charge is -2.50. The number of nitrogens with one attached hydrogen (secondary N) is 1. The van der Waals surface area contributed by atoms with Crippen molar-refractivity contribution in [2.45, 2.75) is 86.7 Å². The predicted molar refractivity (Wildman–Crippen MR) is 187 cm³/mol. The van der Waals surface area contributed by atoms with Crippen molar-refractivity contribution in [2.75, 3.05) is 19.5 Å². The van der Waals surface area contributed by atoms with Crippen molar-refractivity contribution in [3.05, 3.63) is 77.3 Å². The third-order valence-electron chi connectivity index (χ3n) is 10.1. The topological polar surface area (TPSA) is 118 Å². The monoisotopic (exact) mass is 660 g/mol. The summed E-state index contributed by atoms with van der Waals surface area (Å²) in [7, 11) is 5.28. The molecule has 0 spiro atoms. The van der Waals surface area contributed by atoms with Crippen LogP contribution in [0.4, 0.5) is 5.82 Å². The Morgan fingerprint density at radius 2 is 1.93 bits per heavy atom. The molecular weight excluding hydrogens is 617 g/mol. The second kappa shape index (κ2) is 14.2. The molecule has 4 aliphatic rings. The number of nitrogen functional groups attached to an aromatic ring is 1. The summed E-state index contributed by atoms with van der Waals surface area (Å²) in [6.07, 6.45) is 21.4. The van der Waals surface area contributed by atoms with Gasteiger partial charge in [-0.1, -0.05) is 72.4 Å². The molecule has 2 aliphatic heterocycles. The number of benzene rings is 1. The molecule has 1 fully saturated rings. The van der Waals surface area contributed by atoms with Crippen molar-refractivity contribution in [2.24, 2.45) is 5.92 Å². The van der Waals surface area contributed by atoms with Gasteiger partial charge in [0.15, 0.2) is 17.3 Å². The van der Waals surface area contributed by atoms with Gasteiger partial charge in [-0.25, -0.2) is 4.98 Å². The van der Waals surface area contributed by atoms with E-state index in [-0.39, 0.29) is 51.6 Å². The summed E-state index contributed by atoms with van der Waals surface area (Å²) in [4.78, 5) is 33.1. The van der Waals surface area contributed by atoms with Crippen LogP contribution in [0.25, 0.3) is 6.08 Å². The van der Waals surface area contributed by atoms with Crippen LogP contribution in [0.5, 0.6) is 11.5 Å². The Morgan fingerprint density at radius 3 is 2.67 bits per heavy atom. The van der Waals surface area contributed by atoms with Gasteiger partial charge in [-0.15, -0.1) is 0 Å². The van der Waals surface area contributed by atoms with Gasteiger partial charge in [0.05, 0.1) is 31.0 Å². The van der Waals surface area contributed by atoms with Gasteiger partial charge in [-0.2, -0.15) is 0 Å². The van der Waals surface area contributed by atoms with E-state index in [4.69, 9.17) is 15.5 Å². The highest BCUT2D eigenvalue weighted by Gasteiger charge is 2.47. The fraction of sp³-hybridized carbons (Fsp3) is 0.472. The minimum absolute atomic E-state index is 0.0201. The van der Waals surface area contributed by atoms with Crippen molar-refractivity contribution in [3.63, 3.8) is 0 Å². The van der Waals surface area contributed by atoms with Gasteiger partial charge in [0.1, 0.15) is 11.6 Å². The third-order valence-corrected chi connectivity index (χ3v) is 13.4. The van der Waals surface area contributed by atoms with Crippen LogP contribution >= 0.6 is 21.6 Å². The van der Waals surface area contributed by atoms with Gasteiger partial charge in [0, 0.05) is 41.7 Å². The number of aromatic hydroxyl groups is 1. The highest BCUT2D eigenvalue weighted by atomic mass is 33.1. The number of methoxy groups -OCH3 is 1. The van der Waals surface area contributed by atoms with Crippen molar-refractivity contribution in [3.8, 4) is 11.5 Å². The first kappa shape index (κ1) is 32.6. The van der Waals surface area contributed by atoms with E-state index in [0.717, 1.165) is 67.4 Å². The van der Waals surface area contributed by atoms with Crippen molar-refractivity contribution >= 4 is 45.0 Å². The molecule has 1 aromatic heterocycles. The van der Waals surface area contributed by atoms with Crippen molar-refractivity contribution in [1.29, 1.82) is 0 Å². The number of carbonyl (C=O) groups is 2. The SMILES string of the molecule is CC[C@H]1CCC(=O)CC(=O)/C=C/c2cc(OC)c(O)cc2[C@@H]2/C=C\[C@H]1SS[C@@H](C1(N3C=CNC3)CCCCC1)c1cc2cnc1N. The fourth-order valence-electron chi connectivity index (χ4n) is 7.49. The van der Waals surface area contributed by atoms with Gasteiger partial charge in [0.2, 0.25) is 0 Å². The number of ether oxygens (including phenoxy) is 1. The standard InChI is InChI=1S/C36H44N4O4S2/c1-3-23-7-9-26(41)19-27(42)10-8-24-18-32(44-2)31(43)20-29(24)28-11-12-33(23)45-46-34(30-17-25(28)21-39-35(30)37)36(13-5-4-6-14-36)40-16-15-38-22-40/h8,10-12,15-18,20-21,23,28,33-34,38,43H,3-7,9,13-14,19,22H2,1-2H3,(H2,37,39)/b10-8+,12-11-/t23-,28+,33+,34+/m0/s1. The zero-order chi connectivity index (χ0) is 32.3. The summed E-state index contributed by atoms with van der Waals surface area (Å²) in [5.74, 6) is 0.572. The quantitative estimate of drug-likeness (QED) is 0.176. The predicted octanol–water partition coefficient (Wildman–Crippen LogP) is 7.27. The van der Waals surface area contributed by atoms with E-state index in [1.807, 2.05) is 34.0 Å². The van der Waals surface area contributed by atoms with Gasteiger partial charge in [-0.05, 0) is 66.1 Å². The molecule has 0 amide bonds. The lowest BCUT2D eigenvalue weighted by molar-refractivity contribution is -0.124. The number of rotatable bonds is 4. The van der Waals surface area contributed by atoms with Gasteiger partial charge >= 0.3 is 0 Å². The molecule has 2 aliphatic carbocycles. The zero-order valence-electron chi connectivity index (χ0n) is 26.6. The summed E-state index contributed by atoms with van der Waals surface area (Å²) in [6.45, 7) is 2.95. The summed E-state index contributed by atoms with van der Waals surface area (Å²) in [5.41, 5.74) is 10.2. The molecule has 4 N–H and O–H groups in total. The summed E-state index contributed by atoms with van der Waals surface area (Å²) in [5, 5.41) is 14.6. The first-order valence-corrected chi connectivity index (χ1v) is 18.7. The number of hydrogen-bond donors (Lipinski definition) is 3. The van der Waals surface area contributed by atoms with Gasteiger partial charge in [-0.3, -0.25) is 9.59 Å². The maximum atomic E-state index is 13.0. The van der Waals surface area contributed by atoms with Crippen molar-refractivity contribution in [1.82, 2.24) is 15.2 Å². The Balaban J connectivity index is 1.57. The van der Waals surface area contributed by atoms with Gasteiger partial charge in [0.25, 0.3) is 0 Å². The Bertz CT molecular complexity index is 1550. The first-order chi connectivity index (χ1) is 22.3. The third kappa shape index (κ3) is 6.56. The molecule has 0 saturated heterocycles. The van der Waals surface area contributed by atoms with Crippen molar-refractivity contribution < 1.29 is 19.4 Å². The second-order valence-electron chi connectivity index (χ2n) is 12.8. The summed E-state index contributed by atoms with van der Waals surface area (Å²) < 4.78 is 5.46. The number of fused-ring (bicyclic) bond motifs is 7. The minimum Gasteiger partial charge on any atom is -0.504 e. The Labute approximate surface area is 279 Å². The average Bonchev–Trinajstić information content (AvgIpc) is 3.61. The lowest BCUT2D eigenvalue weighted by atomic mass is 9.75. The van der Waals surface area contributed by atoms with E-state index in [9.17, 15) is 14.7 Å². The molecule has 2 aromatic rings. The largest absolute Gasteiger partial charge is 0.504 e. The number of phenols is 1. The Morgan fingerprint density at radius 1 is 1.11 bits per heavy atom. The fourth-order valence-corrected chi connectivity index (χ4v) is 11.4. The van der Waals surface area contributed by atoms with E-state index in [1.54, 1.807) is 18.2 Å². The van der Waals surface area contributed by atoms with Crippen LogP contribution in [0.1, 0.15) is 98.1 Å². The molecule has 4 bridgehead atoms. The van der Waals surface area contributed by atoms with Crippen LogP contribution in [0.3, 0.4) is 0 Å². The van der Waals surface area contributed by atoms with E-state index in [0.29, 0.717) is 18.0 Å². The van der Waals surface area contributed by atoms with Gasteiger partial charge < -0.3 is 25.8 Å². The lowest BCUT2D eigenvalue weighted by Crippen LogP contribution is -2.51. The highest BCUT2D eigenvalue weighted by molar-refractivity contribution is 8.77. The number of nitrogens with zero attached hydrogens (tertiary/aromatic N) is 2. The number of anilines is 1. The maximum Gasteiger partial charge on any atom is 0.163 e. The van der Waals surface area contributed by atoms with Crippen LogP contribution in [-0.2, 0) is 9.59 Å². The number of pyridine rings is 1. The number of hydrogen-bond acceptors (Lipinski definition) is 10. The molecule has 0 unspecified atom stereocenters. The molecular formula is C36H44N4O4S2. The number of allylic oxidation sites excluding steroid dienone is 2. The van der Waals surface area contributed by atoms with Crippen LogP contribution in [0.15, 0.2) is 55.0 Å². The van der Waals surface area contributed by atoms with E-state index >= 15 is 0 Å². The van der Waals surface area contributed by atoms with Crippen LogP contribution in [0.2, 0.25) is 0 Å². The number of aromatic nitrogens is 1. The summed E-state index contributed by atoms with van der Waals surface area (Å²) >= 11 is 0. The van der Waals surface area contributed by atoms with E-state index < -0.39 is 0 Å². The summed E-state index contributed by atoms with van der Waals surface area (Å²) in [6, 6.07) is 5.70. The Hall–Kier alpha value is -3.37. The molecule has 244 valence electrons. The molecule has 8 nitrogen and oxygen atoms in total. The van der Waals surface area contributed by atoms with Crippen LogP contribution in [0, 0.1) is 5.92 Å². The molecule has 46 heavy (non-hydrogen) atoms. The smallest absolute Gasteiger partial charge is 0.163 e. The molecule has 6 rings (SSSR count). The minimum atomic E-state index is -0.275. The number of phenolic OH excluding ortho intramolecular Hbond substituents is 1.